The summed E-state index contributed by atoms with van der Waals surface area (Å²) in [6, 6.07) is 8.87. The summed E-state index contributed by atoms with van der Waals surface area (Å²) >= 11 is 11.8. The smallest absolute Gasteiger partial charge is 0.324 e. The van der Waals surface area contributed by atoms with Crippen LogP contribution in [0.1, 0.15) is 5.56 Å². The van der Waals surface area contributed by atoms with Gasteiger partial charge in [0.05, 0.1) is 17.3 Å². The van der Waals surface area contributed by atoms with Gasteiger partial charge in [0.25, 0.3) is 0 Å². The third-order valence-electron chi connectivity index (χ3n) is 3.39. The van der Waals surface area contributed by atoms with Crippen molar-refractivity contribution in [2.45, 2.75) is 0 Å². The Morgan fingerprint density at radius 1 is 1.13 bits per heavy atom. The Morgan fingerprint density at radius 2 is 1.83 bits per heavy atom. The Kier molecular flexibility index (Phi) is 4.82. The lowest BCUT2D eigenvalue weighted by molar-refractivity contribution is 0.439. The minimum Gasteiger partial charge on any atom is -0.422 e. The van der Waals surface area contributed by atoms with E-state index in [1.54, 1.807) is 12.1 Å². The Balaban J connectivity index is 1.96. The average molecular weight is 350 g/mol. The van der Waals surface area contributed by atoms with E-state index in [9.17, 15) is 0 Å². The molecule has 118 valence electrons. The van der Waals surface area contributed by atoms with Gasteiger partial charge in [-0.25, -0.2) is 0 Å². The second-order valence-electron chi connectivity index (χ2n) is 4.93. The minimum absolute atomic E-state index is 0.0500. The van der Waals surface area contributed by atoms with E-state index >= 15 is 0 Å². The first-order chi connectivity index (χ1) is 11.2. The highest BCUT2D eigenvalue weighted by Gasteiger charge is 2.17. The molecule has 1 aliphatic rings. The van der Waals surface area contributed by atoms with Crippen LogP contribution in [-0.2, 0) is 0 Å². The molecule has 0 amide bonds. The highest BCUT2D eigenvalue weighted by molar-refractivity contribution is 6.33. The van der Waals surface area contributed by atoms with Crippen molar-refractivity contribution in [2.24, 2.45) is 0 Å². The number of anilines is 1. The topological polar surface area (TPSA) is 74.1 Å². The fourth-order valence-corrected chi connectivity index (χ4v) is 2.75. The molecule has 0 bridgehead atoms. The molecule has 2 aromatic rings. The van der Waals surface area contributed by atoms with Crippen LogP contribution in [-0.4, -0.2) is 36.1 Å². The molecule has 6 nitrogen and oxygen atoms in total. The van der Waals surface area contributed by atoms with E-state index in [2.05, 4.69) is 26.3 Å². The number of benzene rings is 1. The summed E-state index contributed by atoms with van der Waals surface area (Å²) in [6.07, 6.45) is 0. The van der Waals surface area contributed by atoms with E-state index in [4.69, 9.17) is 33.2 Å². The van der Waals surface area contributed by atoms with E-state index in [0.29, 0.717) is 11.3 Å². The highest BCUT2D eigenvalue weighted by atomic mass is 35.5. The van der Waals surface area contributed by atoms with Crippen LogP contribution in [0.3, 0.4) is 0 Å². The number of nitrogens with one attached hydrogen (secondary N) is 1. The zero-order valence-corrected chi connectivity index (χ0v) is 13.6. The van der Waals surface area contributed by atoms with Gasteiger partial charge in [-0.1, -0.05) is 23.2 Å². The molecule has 23 heavy (non-hydrogen) atoms. The van der Waals surface area contributed by atoms with Gasteiger partial charge in [-0.2, -0.15) is 15.2 Å². The lowest BCUT2D eigenvalue weighted by Crippen LogP contribution is -2.43. The Labute approximate surface area is 143 Å². The standard InChI is InChI=1S/C15H13Cl2N5O/c16-13-8-14(17)21-15(20-13)23-12-7-10(9-18)1-2-11(12)22-5-3-19-4-6-22/h1-2,7-8,19H,3-6H2. The van der Waals surface area contributed by atoms with Crippen LogP contribution in [0.15, 0.2) is 24.3 Å². The SMILES string of the molecule is N#Cc1ccc(N2CCNCC2)c(Oc2nc(Cl)cc(Cl)n2)c1. The normalized spacial score (nSPS) is 14.4. The van der Waals surface area contributed by atoms with E-state index in [1.807, 2.05) is 6.07 Å². The van der Waals surface area contributed by atoms with Crippen LogP contribution < -0.4 is 15.0 Å². The lowest BCUT2D eigenvalue weighted by atomic mass is 10.1. The third kappa shape index (κ3) is 3.82. The van der Waals surface area contributed by atoms with E-state index in [0.717, 1.165) is 31.9 Å². The van der Waals surface area contributed by atoms with E-state index in [1.165, 1.54) is 6.07 Å². The zero-order valence-electron chi connectivity index (χ0n) is 12.1. The predicted octanol–water partition coefficient (Wildman–Crippen LogP) is 2.86. The molecule has 0 radical (unpaired) electrons. The number of aromatic nitrogens is 2. The first-order valence-electron chi connectivity index (χ1n) is 7.03. The molecule has 1 aromatic heterocycles. The fourth-order valence-electron chi connectivity index (χ4n) is 2.35. The molecule has 1 saturated heterocycles. The maximum atomic E-state index is 9.11. The summed E-state index contributed by atoms with van der Waals surface area (Å²) in [5.74, 6) is 0.504. The van der Waals surface area contributed by atoms with Gasteiger partial charge < -0.3 is 15.0 Å². The third-order valence-corrected chi connectivity index (χ3v) is 3.78. The number of ether oxygens (including phenoxy) is 1. The van der Waals surface area contributed by atoms with Gasteiger partial charge in [0.2, 0.25) is 0 Å². The second kappa shape index (κ2) is 7.01. The van der Waals surface area contributed by atoms with E-state index in [-0.39, 0.29) is 16.3 Å². The molecule has 0 unspecified atom stereocenters. The van der Waals surface area contributed by atoms with Gasteiger partial charge >= 0.3 is 6.01 Å². The monoisotopic (exact) mass is 349 g/mol. The van der Waals surface area contributed by atoms with Crippen LogP contribution >= 0.6 is 23.2 Å². The van der Waals surface area contributed by atoms with Crippen LogP contribution in [0, 0.1) is 11.3 Å². The predicted molar refractivity (Wildman–Crippen MR) is 88.4 cm³/mol. The Morgan fingerprint density at radius 3 is 2.48 bits per heavy atom. The average Bonchev–Trinajstić information content (AvgIpc) is 2.54. The largest absolute Gasteiger partial charge is 0.422 e. The van der Waals surface area contributed by atoms with Gasteiger partial charge in [0, 0.05) is 38.3 Å². The van der Waals surface area contributed by atoms with Gasteiger partial charge in [-0.05, 0) is 12.1 Å². The molecule has 2 heterocycles. The van der Waals surface area contributed by atoms with Crippen molar-refractivity contribution in [3.8, 4) is 17.8 Å². The summed E-state index contributed by atoms with van der Waals surface area (Å²) < 4.78 is 5.76. The molecule has 8 heteroatoms. The second-order valence-corrected chi connectivity index (χ2v) is 5.70. The number of nitriles is 1. The van der Waals surface area contributed by atoms with E-state index < -0.39 is 0 Å². The zero-order chi connectivity index (χ0) is 16.2. The molecule has 0 spiro atoms. The quantitative estimate of drug-likeness (QED) is 0.858. The number of piperazine rings is 1. The number of halogens is 2. The summed E-state index contributed by atoms with van der Waals surface area (Å²) in [5, 5.41) is 12.8. The first-order valence-corrected chi connectivity index (χ1v) is 7.79. The van der Waals surface area contributed by atoms with Crippen molar-refractivity contribution >= 4 is 28.9 Å². The van der Waals surface area contributed by atoms with Crippen molar-refractivity contribution in [3.05, 3.63) is 40.1 Å². The fraction of sp³-hybridized carbons (Fsp3) is 0.267. The molecule has 0 saturated carbocycles. The summed E-state index contributed by atoms with van der Waals surface area (Å²) in [6.45, 7) is 3.47. The first kappa shape index (κ1) is 15.8. The summed E-state index contributed by atoms with van der Waals surface area (Å²) in [5.41, 5.74) is 1.37. The van der Waals surface area contributed by atoms with Crippen LogP contribution in [0.4, 0.5) is 5.69 Å². The number of hydrogen-bond acceptors (Lipinski definition) is 6. The van der Waals surface area contributed by atoms with Gasteiger partial charge in [0.1, 0.15) is 10.3 Å². The van der Waals surface area contributed by atoms with Crippen molar-refractivity contribution < 1.29 is 4.74 Å². The lowest BCUT2D eigenvalue weighted by Gasteiger charge is -2.30. The number of rotatable bonds is 3. The number of hydrogen-bond donors (Lipinski definition) is 1. The molecule has 1 aliphatic heterocycles. The van der Waals surface area contributed by atoms with Gasteiger partial charge in [-0.3, -0.25) is 0 Å². The van der Waals surface area contributed by atoms with Crippen molar-refractivity contribution in [1.82, 2.24) is 15.3 Å². The van der Waals surface area contributed by atoms with Crippen molar-refractivity contribution in [1.29, 1.82) is 5.26 Å². The maximum Gasteiger partial charge on any atom is 0.324 e. The van der Waals surface area contributed by atoms with Crippen molar-refractivity contribution in [2.75, 3.05) is 31.1 Å². The van der Waals surface area contributed by atoms with Gasteiger partial charge in [0.15, 0.2) is 5.75 Å². The molecule has 3 rings (SSSR count). The molecule has 1 fully saturated rings. The number of nitrogens with zero attached hydrogens (tertiary/aromatic N) is 4. The molecular formula is C15H13Cl2N5O. The molecule has 0 aliphatic carbocycles. The van der Waals surface area contributed by atoms with Crippen LogP contribution in [0.2, 0.25) is 10.3 Å². The maximum absolute atomic E-state index is 9.11. The van der Waals surface area contributed by atoms with Gasteiger partial charge in [-0.15, -0.1) is 0 Å². The molecule has 1 N–H and O–H groups in total. The van der Waals surface area contributed by atoms with Crippen molar-refractivity contribution in [3.63, 3.8) is 0 Å². The highest BCUT2D eigenvalue weighted by Crippen LogP contribution is 2.33. The Bertz CT molecular complexity index is 736. The molecule has 1 aromatic carbocycles. The summed E-state index contributed by atoms with van der Waals surface area (Å²) in [4.78, 5) is 10.2. The Hall–Kier alpha value is -2.07. The van der Waals surface area contributed by atoms with Crippen LogP contribution in [0.25, 0.3) is 0 Å². The molecular weight excluding hydrogens is 337 g/mol. The molecule has 0 atom stereocenters. The van der Waals surface area contributed by atoms with Crippen LogP contribution in [0.5, 0.6) is 11.8 Å². The minimum atomic E-state index is 0.0500. The summed E-state index contributed by atoms with van der Waals surface area (Å²) in [7, 11) is 0.